The number of morpholine rings is 2. The second kappa shape index (κ2) is 26.2. The molecule has 0 atom stereocenters. The van der Waals surface area contributed by atoms with E-state index in [1.807, 2.05) is 62.4 Å². The van der Waals surface area contributed by atoms with E-state index in [-0.39, 0.29) is 40.1 Å². The van der Waals surface area contributed by atoms with Gasteiger partial charge in [0.15, 0.2) is 0 Å². The van der Waals surface area contributed by atoms with Gasteiger partial charge in [-0.05, 0) is 120 Å². The zero-order valence-electron chi connectivity index (χ0n) is 49.0. The van der Waals surface area contributed by atoms with Crippen molar-refractivity contribution in [2.75, 3.05) is 99.5 Å². The second-order valence-electron chi connectivity index (χ2n) is 22.5. The highest BCUT2D eigenvalue weighted by atomic mass is 35.5. The van der Waals surface area contributed by atoms with Gasteiger partial charge in [-0.1, -0.05) is 42.0 Å². The number of pyridine rings is 4. The molecular weight excluding hydrogens is 1120 g/mol. The van der Waals surface area contributed by atoms with Crippen molar-refractivity contribution in [3.8, 4) is 22.8 Å². The van der Waals surface area contributed by atoms with Crippen LogP contribution >= 0.6 is 11.6 Å². The van der Waals surface area contributed by atoms with Gasteiger partial charge in [0.2, 0.25) is 0 Å². The van der Waals surface area contributed by atoms with Crippen LogP contribution in [0.5, 0.6) is 0 Å². The Morgan fingerprint density at radius 1 is 0.547 bits per heavy atom. The van der Waals surface area contributed by atoms with Gasteiger partial charge in [0.25, 0.3) is 0 Å². The number of benzene rings is 4. The number of hydrogen-bond donors (Lipinski definition) is 2. The van der Waals surface area contributed by atoms with E-state index in [1.54, 1.807) is 18.5 Å². The quantitative estimate of drug-likeness (QED) is 0.0992. The lowest BCUT2D eigenvalue weighted by molar-refractivity contribution is 0.00578. The highest BCUT2D eigenvalue weighted by Gasteiger charge is 2.52. The first-order chi connectivity index (χ1) is 41.5. The van der Waals surface area contributed by atoms with Gasteiger partial charge < -0.3 is 48.7 Å². The number of anilines is 6. The molecule has 3 saturated heterocycles. The molecular formula is C66H68BClF4N8O6. The third kappa shape index (κ3) is 13.2. The first kappa shape index (κ1) is 60.2. The summed E-state index contributed by atoms with van der Waals surface area (Å²) in [7, 11) is -0.182. The Morgan fingerprint density at radius 2 is 1.03 bits per heavy atom. The molecule has 446 valence electrons. The van der Waals surface area contributed by atoms with Gasteiger partial charge in [0.05, 0.1) is 131 Å². The summed E-state index contributed by atoms with van der Waals surface area (Å²) in [5.74, 6) is -2.73. The molecule has 9 heterocycles. The van der Waals surface area contributed by atoms with E-state index in [1.165, 1.54) is 23.2 Å². The highest BCUT2D eigenvalue weighted by molar-refractivity contribution is 6.54. The Morgan fingerprint density at radius 3 is 1.51 bits per heavy atom. The Bertz CT molecular complexity index is 3820. The summed E-state index contributed by atoms with van der Waals surface area (Å²) in [5.41, 5.74) is 11.6. The molecule has 5 aliphatic heterocycles. The van der Waals surface area contributed by atoms with Gasteiger partial charge in [-0.15, -0.1) is 0 Å². The fourth-order valence-corrected chi connectivity index (χ4v) is 11.1. The van der Waals surface area contributed by atoms with E-state index < -0.39 is 23.3 Å². The first-order valence-corrected chi connectivity index (χ1v) is 29.3. The van der Waals surface area contributed by atoms with Crippen LogP contribution in [-0.2, 0) is 28.3 Å². The minimum atomic E-state index is -0.698. The van der Waals surface area contributed by atoms with Crippen LogP contribution in [0.25, 0.3) is 50.2 Å². The van der Waals surface area contributed by atoms with Gasteiger partial charge in [-0.2, -0.15) is 0 Å². The topological polar surface area (TPSA) is 137 Å². The van der Waals surface area contributed by atoms with E-state index in [0.717, 1.165) is 85.9 Å². The summed E-state index contributed by atoms with van der Waals surface area (Å²) in [4.78, 5) is 22.5. The number of halogens is 5. The Hall–Kier alpha value is -7.49. The SMILES string of the molecule is CC1(C)OB(C2=CCOCC2)OC1(C)C.Cc1c(-c2ccccn2)nc2cc(F)cc(F)c2c1Nc1cc(N2CCOCC2)ccc1C1=CCOCC1.Cc1c(-c2ccccn2)nc2cc(F)cc(F)c2c1Nc1cc(N2CCOCC2)ccc1Cl. The van der Waals surface area contributed by atoms with Gasteiger partial charge in [0, 0.05) is 96.6 Å². The van der Waals surface area contributed by atoms with E-state index in [9.17, 15) is 8.78 Å². The molecule has 13 rings (SSSR count). The molecule has 0 radical (unpaired) electrons. The molecule has 4 aromatic heterocycles. The Kier molecular flexibility index (Phi) is 18.4. The first-order valence-electron chi connectivity index (χ1n) is 29.0. The minimum absolute atomic E-state index is 0.182. The number of fused-ring (bicyclic) bond motifs is 2. The molecule has 0 saturated carbocycles. The van der Waals surface area contributed by atoms with Gasteiger partial charge >= 0.3 is 7.12 Å². The van der Waals surface area contributed by atoms with Gasteiger partial charge in [-0.3, -0.25) is 9.97 Å². The molecule has 0 unspecified atom stereocenters. The van der Waals surface area contributed by atoms with Crippen LogP contribution in [0.4, 0.5) is 51.7 Å². The lowest BCUT2D eigenvalue weighted by Gasteiger charge is -2.32. The molecule has 86 heavy (non-hydrogen) atoms. The maximum Gasteiger partial charge on any atom is 0.490 e. The van der Waals surface area contributed by atoms with Crippen LogP contribution in [0.3, 0.4) is 0 Å². The van der Waals surface area contributed by atoms with Gasteiger partial charge in [0.1, 0.15) is 23.3 Å². The number of nitrogens with zero attached hydrogens (tertiary/aromatic N) is 6. The van der Waals surface area contributed by atoms with Crippen molar-refractivity contribution < 1.29 is 45.8 Å². The van der Waals surface area contributed by atoms with Crippen LogP contribution in [0, 0.1) is 37.1 Å². The summed E-state index contributed by atoms with van der Waals surface area (Å²) in [6.45, 7) is 20.5. The minimum Gasteiger partial charge on any atom is -0.400 e. The third-order valence-electron chi connectivity index (χ3n) is 16.4. The van der Waals surface area contributed by atoms with Crippen LogP contribution in [0.15, 0.2) is 127 Å². The van der Waals surface area contributed by atoms with Crippen LogP contribution in [0.2, 0.25) is 5.02 Å². The molecule has 20 heteroatoms. The monoisotopic (exact) mass is 1190 g/mol. The zero-order valence-corrected chi connectivity index (χ0v) is 49.8. The lowest BCUT2D eigenvalue weighted by Crippen LogP contribution is -2.41. The number of ether oxygens (including phenoxy) is 4. The zero-order chi connectivity index (χ0) is 60.1. The summed E-state index contributed by atoms with van der Waals surface area (Å²) in [5, 5.41) is 7.80. The average Bonchev–Trinajstić information content (AvgIpc) is 1.05. The molecule has 4 aromatic carbocycles. The molecule has 14 nitrogen and oxygen atoms in total. The second-order valence-corrected chi connectivity index (χ2v) is 22.9. The molecule has 2 N–H and O–H groups in total. The smallest absolute Gasteiger partial charge is 0.400 e. The lowest BCUT2D eigenvalue weighted by atomic mass is 9.75. The number of nitrogens with one attached hydrogen (secondary N) is 2. The number of rotatable bonds is 10. The highest BCUT2D eigenvalue weighted by Crippen LogP contribution is 2.43. The predicted octanol–water partition coefficient (Wildman–Crippen LogP) is 14.3. The number of hydrogen-bond acceptors (Lipinski definition) is 14. The Labute approximate surface area is 503 Å². The fraction of sp³-hybridized carbons (Fsp3) is 0.333. The van der Waals surface area contributed by atoms with Crippen molar-refractivity contribution in [3.63, 3.8) is 0 Å². The molecule has 0 aliphatic carbocycles. The van der Waals surface area contributed by atoms with Crippen LogP contribution in [-0.4, -0.2) is 117 Å². The predicted molar refractivity (Wildman–Crippen MR) is 333 cm³/mol. The maximum atomic E-state index is 15.4. The molecule has 0 bridgehead atoms. The summed E-state index contributed by atoms with van der Waals surface area (Å²) in [6, 6.07) is 27.3. The maximum absolute atomic E-state index is 15.4. The van der Waals surface area contributed by atoms with E-state index >= 15 is 8.78 Å². The van der Waals surface area contributed by atoms with Crippen molar-refractivity contribution in [1.82, 2.24) is 19.9 Å². The molecule has 8 aromatic rings. The van der Waals surface area contributed by atoms with E-state index in [2.05, 4.69) is 98.4 Å². The van der Waals surface area contributed by atoms with Gasteiger partial charge in [-0.25, -0.2) is 27.5 Å². The van der Waals surface area contributed by atoms with Crippen LogP contribution < -0.4 is 20.4 Å². The standard InChI is InChI=1S/C30H28F2N4O2.C25H21ClF2N4O.C11H19BO3/c1-19-29(25-4-2-3-9-33-25)35-27-17-21(31)16-24(32)28(27)30(19)34-26-18-22(36-10-14-38-15-11-36)5-6-23(26)20-7-12-37-13-8-20;1-15-24(20-4-2-3-7-29-20)31-22-13-16(27)12-19(28)23(22)25(15)30-21-14-17(5-6-18(21)26)32-8-10-33-11-9-32;1-10(2)11(3,4)15-12(14-10)9-5-7-13-8-6-9/h2-7,9,16-18H,8,10-15H2,1H3,(H,34,35);2-7,12-14H,8-11H2,1H3,(H,30,31);5H,6-8H2,1-4H3. The van der Waals surface area contributed by atoms with Crippen molar-refractivity contribution >= 4 is 80.2 Å². The van der Waals surface area contributed by atoms with E-state index in [0.29, 0.717) is 96.7 Å². The van der Waals surface area contributed by atoms with Crippen molar-refractivity contribution in [2.45, 2.75) is 65.6 Å². The summed E-state index contributed by atoms with van der Waals surface area (Å²) < 4.78 is 92.5. The fourth-order valence-electron chi connectivity index (χ4n) is 11.0. The van der Waals surface area contributed by atoms with Crippen molar-refractivity contribution in [2.24, 2.45) is 0 Å². The molecule has 5 aliphatic rings. The Balaban J connectivity index is 0.000000146. The molecule has 0 spiro atoms. The van der Waals surface area contributed by atoms with E-state index in [4.69, 9.17) is 39.9 Å². The molecule has 3 fully saturated rings. The summed E-state index contributed by atoms with van der Waals surface area (Å²) in [6.07, 6.45) is 9.19. The third-order valence-corrected chi connectivity index (χ3v) is 16.7. The van der Waals surface area contributed by atoms with Crippen LogP contribution in [0.1, 0.15) is 57.2 Å². The largest absolute Gasteiger partial charge is 0.490 e. The molecule has 0 amide bonds. The van der Waals surface area contributed by atoms with Crippen molar-refractivity contribution in [1.29, 1.82) is 0 Å². The summed E-state index contributed by atoms with van der Waals surface area (Å²) >= 11 is 6.52. The number of aromatic nitrogens is 4. The normalized spacial score (nSPS) is 17.5. The average molecular weight is 1190 g/mol. The van der Waals surface area contributed by atoms with Crippen molar-refractivity contribution in [3.05, 3.63) is 172 Å².